The van der Waals surface area contributed by atoms with Crippen LogP contribution in [0.4, 0.5) is 17.2 Å². The van der Waals surface area contributed by atoms with E-state index in [4.69, 9.17) is 23.1 Å². The third-order valence-electron chi connectivity index (χ3n) is 8.20. The van der Waals surface area contributed by atoms with Crippen LogP contribution in [0.25, 0.3) is 16.8 Å². The fourth-order valence-electron chi connectivity index (χ4n) is 6.03. The average molecular weight is 569 g/mol. The largest absolute Gasteiger partial charge is 0.397 e. The highest BCUT2D eigenvalue weighted by Crippen LogP contribution is 2.34. The first kappa shape index (κ1) is 27.1. The molecule has 4 aromatic rings. The summed E-state index contributed by atoms with van der Waals surface area (Å²) in [5.74, 6) is 0.749. The number of benzene rings is 3. The van der Waals surface area contributed by atoms with Crippen molar-refractivity contribution in [2.75, 3.05) is 22.5 Å². The summed E-state index contributed by atoms with van der Waals surface area (Å²) in [5, 5.41) is 3.22. The van der Waals surface area contributed by atoms with Gasteiger partial charge < -0.3 is 16.8 Å². The smallest absolute Gasteiger partial charge is 0.279 e. The van der Waals surface area contributed by atoms with Gasteiger partial charge in [0.15, 0.2) is 11.5 Å². The van der Waals surface area contributed by atoms with E-state index in [0.29, 0.717) is 39.9 Å². The number of rotatable bonds is 5. The van der Waals surface area contributed by atoms with Crippen molar-refractivity contribution < 1.29 is 9.59 Å². The molecule has 0 spiro atoms. The van der Waals surface area contributed by atoms with E-state index in [1.54, 1.807) is 29.7 Å². The maximum Gasteiger partial charge on any atom is 0.279 e. The molecular formula is C32H33ClN6O2. The molecule has 41 heavy (non-hydrogen) atoms. The van der Waals surface area contributed by atoms with Crippen molar-refractivity contribution in [3.05, 3.63) is 88.8 Å². The van der Waals surface area contributed by atoms with Crippen LogP contribution in [0, 0.1) is 12.8 Å². The minimum Gasteiger partial charge on any atom is -0.397 e. The zero-order valence-electron chi connectivity index (χ0n) is 22.9. The summed E-state index contributed by atoms with van der Waals surface area (Å²) in [6.07, 6.45) is 5.52. The van der Waals surface area contributed by atoms with Crippen LogP contribution in [0.15, 0.2) is 66.7 Å². The number of nitrogens with zero attached hydrogens (tertiary/aromatic N) is 3. The molecule has 2 amide bonds. The fraction of sp³-hybridized carbons (Fsp3) is 0.281. The topological polar surface area (TPSA) is 119 Å². The highest BCUT2D eigenvalue weighted by molar-refractivity contribution is 6.33. The lowest BCUT2D eigenvalue weighted by molar-refractivity contribution is -0.114. The maximum absolute atomic E-state index is 14.0. The molecule has 0 radical (unpaired) electrons. The quantitative estimate of drug-likeness (QED) is 0.265. The number of carbonyl (C=O) groups excluding carboxylic acids is 2. The van der Waals surface area contributed by atoms with Gasteiger partial charge in [0.05, 0.1) is 10.7 Å². The molecule has 5 N–H and O–H groups in total. The van der Waals surface area contributed by atoms with Crippen molar-refractivity contribution in [3.63, 3.8) is 0 Å². The number of aromatic nitrogens is 2. The number of nitrogen functional groups attached to an aromatic ring is 1. The van der Waals surface area contributed by atoms with Crippen LogP contribution in [-0.2, 0) is 11.2 Å². The van der Waals surface area contributed by atoms with E-state index < -0.39 is 0 Å². The van der Waals surface area contributed by atoms with E-state index in [0.717, 1.165) is 37.7 Å². The Bertz CT molecular complexity index is 1620. The Morgan fingerprint density at radius 2 is 1.68 bits per heavy atom. The van der Waals surface area contributed by atoms with Crippen molar-refractivity contribution in [2.24, 2.45) is 11.7 Å². The molecule has 1 aliphatic carbocycles. The predicted octanol–water partition coefficient (Wildman–Crippen LogP) is 5.74. The molecule has 0 unspecified atom stereocenters. The zero-order chi connectivity index (χ0) is 28.7. The molecule has 0 atom stereocenters. The van der Waals surface area contributed by atoms with Gasteiger partial charge in [0, 0.05) is 17.4 Å². The normalized spacial score (nSPS) is 19.0. The van der Waals surface area contributed by atoms with E-state index in [2.05, 4.69) is 34.6 Å². The number of nitrogens with one attached hydrogen (secondary N) is 1. The Hall–Kier alpha value is -4.14. The first-order valence-corrected chi connectivity index (χ1v) is 14.4. The Morgan fingerprint density at radius 3 is 2.41 bits per heavy atom. The van der Waals surface area contributed by atoms with Gasteiger partial charge in [0.25, 0.3) is 5.91 Å². The van der Waals surface area contributed by atoms with Crippen molar-refractivity contribution >= 4 is 40.6 Å². The average Bonchev–Trinajstić information content (AvgIpc) is 3.23. The van der Waals surface area contributed by atoms with Crippen LogP contribution in [-0.4, -0.2) is 34.0 Å². The van der Waals surface area contributed by atoms with Crippen LogP contribution < -0.4 is 21.7 Å². The van der Waals surface area contributed by atoms with E-state index in [1.807, 2.05) is 24.3 Å². The number of amides is 2. The summed E-state index contributed by atoms with van der Waals surface area (Å²) < 4.78 is 1.70. The summed E-state index contributed by atoms with van der Waals surface area (Å²) in [6.45, 7) is 1.65. The summed E-state index contributed by atoms with van der Waals surface area (Å²) >= 11 is 6.14. The first-order chi connectivity index (χ1) is 19.8. The lowest BCUT2D eigenvalue weighted by Crippen LogP contribution is -2.36. The molecule has 9 heteroatoms. The number of hydrogen-bond donors (Lipinski definition) is 3. The third-order valence-corrected chi connectivity index (χ3v) is 8.54. The van der Waals surface area contributed by atoms with E-state index in [9.17, 15) is 9.59 Å². The van der Waals surface area contributed by atoms with E-state index in [1.165, 1.54) is 16.0 Å². The highest BCUT2D eigenvalue weighted by Gasteiger charge is 2.33. The number of aryl methyl sites for hydroxylation is 1. The van der Waals surface area contributed by atoms with Gasteiger partial charge in [-0.15, -0.1) is 0 Å². The van der Waals surface area contributed by atoms with Crippen molar-refractivity contribution in [1.82, 2.24) is 9.55 Å². The van der Waals surface area contributed by atoms with Crippen molar-refractivity contribution in [1.29, 1.82) is 0 Å². The molecule has 3 aromatic carbocycles. The van der Waals surface area contributed by atoms with E-state index >= 15 is 0 Å². The molecular weight excluding hydrogens is 536 g/mol. The number of fused-ring (bicyclic) bond motifs is 1. The fourth-order valence-corrected chi connectivity index (χ4v) is 6.15. The number of imidazole rings is 1. The number of halogens is 1. The summed E-state index contributed by atoms with van der Waals surface area (Å²) in [5.41, 5.74) is 17.7. The van der Waals surface area contributed by atoms with Crippen LogP contribution >= 0.6 is 11.6 Å². The van der Waals surface area contributed by atoms with Crippen LogP contribution in [0.3, 0.4) is 0 Å². The predicted molar refractivity (Wildman–Crippen MR) is 164 cm³/mol. The zero-order valence-corrected chi connectivity index (χ0v) is 23.7. The molecule has 6 rings (SSSR count). The molecule has 1 aromatic heterocycles. The molecule has 2 aliphatic rings. The maximum atomic E-state index is 14.0. The minimum absolute atomic E-state index is 0.128. The Labute approximate surface area is 244 Å². The van der Waals surface area contributed by atoms with Gasteiger partial charge in [-0.2, -0.15) is 0 Å². The SMILES string of the molecule is Cc1nc2c(n1-c1ccc(Cl)c(N)c1)C(=O)N(c1ccc(-c3ccccc3CC3CCC(N)CC3)cc1)CC(=O)N2. The lowest BCUT2D eigenvalue weighted by atomic mass is 9.81. The molecule has 1 saturated carbocycles. The molecule has 0 bridgehead atoms. The Balaban J connectivity index is 1.31. The van der Waals surface area contributed by atoms with Crippen LogP contribution in [0.1, 0.15) is 47.6 Å². The molecule has 210 valence electrons. The minimum atomic E-state index is -0.337. The second-order valence-corrected chi connectivity index (χ2v) is 11.4. The number of anilines is 3. The second kappa shape index (κ2) is 11.0. The van der Waals surface area contributed by atoms with Gasteiger partial charge in [0.1, 0.15) is 12.4 Å². The molecule has 1 aliphatic heterocycles. The molecule has 0 saturated heterocycles. The summed E-state index contributed by atoms with van der Waals surface area (Å²) in [7, 11) is 0. The van der Waals surface area contributed by atoms with E-state index in [-0.39, 0.29) is 29.9 Å². The van der Waals surface area contributed by atoms with Crippen molar-refractivity contribution in [2.45, 2.75) is 45.1 Å². The Morgan fingerprint density at radius 1 is 0.976 bits per heavy atom. The van der Waals surface area contributed by atoms with Gasteiger partial charge in [-0.05, 0) is 92.0 Å². The standard InChI is InChI=1S/C32H33ClN6O2/c1-19-36-31-30(39(19)25-14-15-27(33)28(35)17-25)32(41)38(18-29(40)37-31)24-12-8-21(9-13-24)26-5-3-2-4-22(26)16-20-6-10-23(34)11-7-20/h2-5,8-9,12-15,17,20,23H,6-7,10-11,16,18,34-35H2,1H3,(H,37,40). The van der Waals surface area contributed by atoms with Gasteiger partial charge in [-0.1, -0.05) is 48.0 Å². The van der Waals surface area contributed by atoms with Gasteiger partial charge in [-0.3, -0.25) is 19.1 Å². The number of hydrogen-bond acceptors (Lipinski definition) is 5. The van der Waals surface area contributed by atoms with Gasteiger partial charge >= 0.3 is 0 Å². The Kier molecular flexibility index (Phi) is 7.28. The first-order valence-electron chi connectivity index (χ1n) is 14.0. The second-order valence-electron chi connectivity index (χ2n) is 11.0. The third kappa shape index (κ3) is 5.33. The van der Waals surface area contributed by atoms with Gasteiger partial charge in [-0.25, -0.2) is 4.98 Å². The lowest BCUT2D eigenvalue weighted by Gasteiger charge is -2.27. The van der Waals surface area contributed by atoms with Crippen molar-refractivity contribution in [3.8, 4) is 16.8 Å². The molecule has 1 fully saturated rings. The summed E-state index contributed by atoms with van der Waals surface area (Å²) in [4.78, 5) is 32.8. The molecule has 8 nitrogen and oxygen atoms in total. The van der Waals surface area contributed by atoms with Gasteiger partial charge in [0.2, 0.25) is 5.91 Å². The molecule has 2 heterocycles. The van der Waals surface area contributed by atoms with Crippen LogP contribution in [0.2, 0.25) is 5.02 Å². The number of nitrogens with two attached hydrogens (primary N) is 2. The summed E-state index contributed by atoms with van der Waals surface area (Å²) in [6, 6.07) is 21.8. The highest BCUT2D eigenvalue weighted by atomic mass is 35.5. The van der Waals surface area contributed by atoms with Crippen LogP contribution in [0.5, 0.6) is 0 Å². The monoisotopic (exact) mass is 568 g/mol. The number of carbonyl (C=O) groups is 2.